The van der Waals surface area contributed by atoms with Crippen LogP contribution in [0.3, 0.4) is 0 Å². The third-order valence-corrected chi connectivity index (χ3v) is 5.95. The molecule has 2 aromatic rings. The zero-order valence-corrected chi connectivity index (χ0v) is 19.5. The summed E-state index contributed by atoms with van der Waals surface area (Å²) in [5.41, 5.74) is 3.97. The molecule has 0 N–H and O–H groups in total. The Bertz CT molecular complexity index is 938. The molecule has 0 atom stereocenters. The van der Waals surface area contributed by atoms with Crippen molar-refractivity contribution in [3.63, 3.8) is 0 Å². The molecule has 1 aliphatic heterocycles. The van der Waals surface area contributed by atoms with Gasteiger partial charge in [-0.2, -0.15) is 0 Å². The minimum Gasteiger partial charge on any atom is -0.339 e. The van der Waals surface area contributed by atoms with Gasteiger partial charge in [-0.3, -0.25) is 4.79 Å². The van der Waals surface area contributed by atoms with Crippen LogP contribution < -0.4 is 4.90 Å². The van der Waals surface area contributed by atoms with Gasteiger partial charge in [0.15, 0.2) is 0 Å². The van der Waals surface area contributed by atoms with Crippen LogP contribution >= 0.6 is 0 Å². The molecule has 1 aromatic heterocycles. The van der Waals surface area contributed by atoms with Gasteiger partial charge in [-0.25, -0.2) is 4.98 Å². The number of hydrogen-bond donors (Lipinski definition) is 0. The van der Waals surface area contributed by atoms with Crippen LogP contribution in [0.5, 0.6) is 0 Å². The number of allylic oxidation sites excluding steroid dienone is 1. The second kappa shape index (κ2) is 9.96. The van der Waals surface area contributed by atoms with Gasteiger partial charge in [-0.05, 0) is 45.2 Å². The molecule has 0 aliphatic carbocycles. The van der Waals surface area contributed by atoms with Gasteiger partial charge in [0.2, 0.25) is 11.9 Å². The zero-order valence-electron chi connectivity index (χ0n) is 19.5. The van der Waals surface area contributed by atoms with Gasteiger partial charge in [0.05, 0.1) is 17.9 Å². The summed E-state index contributed by atoms with van der Waals surface area (Å²) in [7, 11) is 6.06. The van der Waals surface area contributed by atoms with Crippen molar-refractivity contribution in [2.24, 2.45) is 0 Å². The highest BCUT2D eigenvalue weighted by atomic mass is 16.2. The Morgan fingerprint density at radius 3 is 2.48 bits per heavy atom. The standard InChI is InChI=1S/C25H35N5O/c1-7-12-24(31)28(6)21(8-2)15-23-19(3)26-25(29-17-22(18-29)27(4)5)30(23)16-20-13-10-9-11-14-20/h8-11,13-15,22H,2,7,12,16-18H2,1,3-6H3/b21-15+. The Kier molecular flexibility index (Phi) is 7.33. The van der Waals surface area contributed by atoms with Crippen LogP contribution in [-0.2, 0) is 11.3 Å². The number of rotatable bonds is 9. The van der Waals surface area contributed by atoms with Crippen molar-refractivity contribution in [3.05, 3.63) is 65.6 Å². The maximum atomic E-state index is 12.5. The van der Waals surface area contributed by atoms with Crippen LogP contribution in [0.2, 0.25) is 0 Å². The molecule has 1 aliphatic rings. The number of aromatic nitrogens is 2. The lowest BCUT2D eigenvalue weighted by atomic mass is 10.1. The number of aryl methyl sites for hydroxylation is 1. The molecule has 6 nitrogen and oxygen atoms in total. The summed E-state index contributed by atoms with van der Waals surface area (Å²) in [5, 5.41) is 0. The van der Waals surface area contributed by atoms with Crippen molar-refractivity contribution < 1.29 is 4.79 Å². The number of likely N-dealkylation sites (N-methyl/N-ethyl adjacent to an activating group) is 2. The van der Waals surface area contributed by atoms with Crippen molar-refractivity contribution in [1.29, 1.82) is 0 Å². The number of nitrogens with zero attached hydrogens (tertiary/aromatic N) is 5. The minimum atomic E-state index is 0.0946. The molecule has 0 saturated carbocycles. The van der Waals surface area contributed by atoms with Crippen molar-refractivity contribution in [3.8, 4) is 0 Å². The van der Waals surface area contributed by atoms with E-state index in [1.165, 1.54) is 5.56 Å². The summed E-state index contributed by atoms with van der Waals surface area (Å²) in [6.07, 6.45) is 5.14. The number of anilines is 1. The summed E-state index contributed by atoms with van der Waals surface area (Å²) < 4.78 is 2.26. The number of amides is 1. The van der Waals surface area contributed by atoms with E-state index in [9.17, 15) is 4.79 Å². The molecule has 0 unspecified atom stereocenters. The molecule has 1 fully saturated rings. The van der Waals surface area contributed by atoms with Gasteiger partial charge in [-0.15, -0.1) is 0 Å². The van der Waals surface area contributed by atoms with Crippen LogP contribution in [0.1, 0.15) is 36.7 Å². The second-order valence-electron chi connectivity index (χ2n) is 8.45. The monoisotopic (exact) mass is 421 g/mol. The fourth-order valence-electron chi connectivity index (χ4n) is 3.82. The Morgan fingerprint density at radius 1 is 1.23 bits per heavy atom. The van der Waals surface area contributed by atoms with E-state index in [-0.39, 0.29) is 5.91 Å². The van der Waals surface area contributed by atoms with E-state index in [4.69, 9.17) is 4.98 Å². The number of carbonyl (C=O) groups excluding carboxylic acids is 1. The summed E-state index contributed by atoms with van der Waals surface area (Å²) in [6.45, 7) is 10.7. The first-order valence-corrected chi connectivity index (χ1v) is 11.0. The molecule has 2 heterocycles. The molecule has 6 heteroatoms. The van der Waals surface area contributed by atoms with Gasteiger partial charge in [0.25, 0.3) is 0 Å². The van der Waals surface area contributed by atoms with Crippen LogP contribution in [0.4, 0.5) is 5.95 Å². The zero-order chi connectivity index (χ0) is 22.5. The highest BCUT2D eigenvalue weighted by Gasteiger charge is 2.32. The summed E-state index contributed by atoms with van der Waals surface area (Å²) >= 11 is 0. The summed E-state index contributed by atoms with van der Waals surface area (Å²) in [4.78, 5) is 23.7. The van der Waals surface area contributed by atoms with Crippen LogP contribution in [0.15, 0.2) is 48.7 Å². The van der Waals surface area contributed by atoms with Gasteiger partial charge >= 0.3 is 0 Å². The van der Waals surface area contributed by atoms with E-state index in [2.05, 4.69) is 59.3 Å². The van der Waals surface area contributed by atoms with Crippen LogP contribution in [0.25, 0.3) is 6.08 Å². The van der Waals surface area contributed by atoms with E-state index >= 15 is 0 Å². The Labute approximate surface area is 186 Å². The van der Waals surface area contributed by atoms with Gasteiger partial charge in [-0.1, -0.05) is 43.8 Å². The molecular weight excluding hydrogens is 386 g/mol. The van der Waals surface area contributed by atoms with E-state index < -0.39 is 0 Å². The van der Waals surface area contributed by atoms with Crippen molar-refractivity contribution in [1.82, 2.24) is 19.4 Å². The summed E-state index contributed by atoms with van der Waals surface area (Å²) in [5.74, 6) is 1.08. The maximum Gasteiger partial charge on any atom is 0.226 e. The maximum absolute atomic E-state index is 12.5. The molecular formula is C25H35N5O. The van der Waals surface area contributed by atoms with Gasteiger partial charge in [0, 0.05) is 38.3 Å². The van der Waals surface area contributed by atoms with Crippen molar-refractivity contribution >= 4 is 17.9 Å². The van der Waals surface area contributed by atoms with E-state index in [1.54, 1.807) is 11.0 Å². The third kappa shape index (κ3) is 5.07. The molecule has 166 valence electrons. The van der Waals surface area contributed by atoms with Crippen molar-refractivity contribution in [2.45, 2.75) is 39.3 Å². The van der Waals surface area contributed by atoms with Crippen molar-refractivity contribution in [2.75, 3.05) is 39.1 Å². The Balaban J connectivity index is 2.00. The normalized spacial score (nSPS) is 14.6. The average molecular weight is 422 g/mol. The van der Waals surface area contributed by atoms with Gasteiger partial charge in [0.1, 0.15) is 0 Å². The van der Waals surface area contributed by atoms with Gasteiger partial charge < -0.3 is 19.3 Å². The molecule has 3 rings (SSSR count). The molecule has 1 saturated heterocycles. The topological polar surface area (TPSA) is 44.6 Å². The lowest BCUT2D eigenvalue weighted by Gasteiger charge is -2.43. The lowest BCUT2D eigenvalue weighted by Crippen LogP contribution is -2.58. The second-order valence-corrected chi connectivity index (χ2v) is 8.45. The summed E-state index contributed by atoms with van der Waals surface area (Å²) in [6, 6.07) is 11.0. The van der Waals surface area contributed by atoms with Crippen LogP contribution in [-0.4, -0.2) is 65.5 Å². The van der Waals surface area contributed by atoms with Crippen LogP contribution in [0, 0.1) is 6.92 Å². The Morgan fingerprint density at radius 2 is 1.90 bits per heavy atom. The number of benzene rings is 1. The molecule has 0 bridgehead atoms. The SMILES string of the molecule is C=C/C(=C\c1c(C)nc(N2CC(N(C)C)C2)n1Cc1ccccc1)N(C)C(=O)CCC. The predicted octanol–water partition coefficient (Wildman–Crippen LogP) is 3.78. The average Bonchev–Trinajstić information content (AvgIpc) is 3.00. The highest BCUT2D eigenvalue weighted by molar-refractivity contribution is 5.79. The Hall–Kier alpha value is -2.86. The van der Waals surface area contributed by atoms with E-state index in [0.717, 1.165) is 49.1 Å². The third-order valence-electron chi connectivity index (χ3n) is 5.95. The van der Waals surface area contributed by atoms with E-state index in [0.29, 0.717) is 12.5 Å². The number of carbonyl (C=O) groups is 1. The molecule has 0 radical (unpaired) electrons. The fourth-order valence-corrected chi connectivity index (χ4v) is 3.82. The highest BCUT2D eigenvalue weighted by Crippen LogP contribution is 2.28. The first-order valence-electron chi connectivity index (χ1n) is 11.0. The molecule has 1 amide bonds. The number of hydrogen-bond acceptors (Lipinski definition) is 4. The predicted molar refractivity (Wildman–Crippen MR) is 128 cm³/mol. The minimum absolute atomic E-state index is 0.0946. The molecule has 31 heavy (non-hydrogen) atoms. The largest absolute Gasteiger partial charge is 0.339 e. The number of imidazole rings is 1. The quantitative estimate of drug-likeness (QED) is 0.578. The smallest absolute Gasteiger partial charge is 0.226 e. The van der Waals surface area contributed by atoms with E-state index in [1.807, 2.05) is 33.0 Å². The fraction of sp³-hybridized carbons (Fsp3) is 0.440. The first kappa shape index (κ1) is 22.8. The molecule has 0 spiro atoms. The lowest BCUT2D eigenvalue weighted by molar-refractivity contribution is -0.127. The first-order chi connectivity index (χ1) is 14.8. The molecule has 1 aromatic carbocycles.